The van der Waals surface area contributed by atoms with Crippen LogP contribution in [0.25, 0.3) is 0 Å². The van der Waals surface area contributed by atoms with Gasteiger partial charge in [-0.15, -0.1) is 0 Å². The summed E-state index contributed by atoms with van der Waals surface area (Å²) in [5.74, 6) is 1.80. The zero-order valence-electron chi connectivity index (χ0n) is 10.9. The highest BCUT2D eigenvalue weighted by molar-refractivity contribution is 5.52. The Balaban J connectivity index is 2.98. The first-order chi connectivity index (χ1) is 8.12. The molecule has 6 heteroatoms. The van der Waals surface area contributed by atoms with Crippen molar-refractivity contribution in [1.82, 2.24) is 9.97 Å². The lowest BCUT2D eigenvalue weighted by Gasteiger charge is -2.28. The van der Waals surface area contributed by atoms with Crippen LogP contribution in [-0.4, -0.2) is 43.3 Å². The van der Waals surface area contributed by atoms with Gasteiger partial charge in [0.25, 0.3) is 0 Å². The van der Waals surface area contributed by atoms with E-state index in [-0.39, 0.29) is 12.0 Å². The molecule has 0 amide bonds. The molecule has 1 unspecified atom stereocenters. The number of methoxy groups -OCH3 is 1. The van der Waals surface area contributed by atoms with Gasteiger partial charge in [-0.2, -0.15) is 9.97 Å². The van der Waals surface area contributed by atoms with Crippen molar-refractivity contribution in [3.63, 3.8) is 0 Å². The van der Waals surface area contributed by atoms with Crippen molar-refractivity contribution in [1.29, 1.82) is 0 Å². The first-order valence-corrected chi connectivity index (χ1v) is 5.70. The predicted octanol–water partition coefficient (Wildman–Crippen LogP) is 0.962. The van der Waals surface area contributed by atoms with E-state index in [1.54, 1.807) is 14.2 Å². The Morgan fingerprint density at radius 3 is 2.76 bits per heavy atom. The minimum atomic E-state index is 0.240. The minimum Gasteiger partial charge on any atom is -0.383 e. The summed E-state index contributed by atoms with van der Waals surface area (Å²) in [7, 11) is 3.50. The fourth-order valence-electron chi connectivity index (χ4n) is 1.76. The molecule has 0 aliphatic heterocycles. The van der Waals surface area contributed by atoms with Gasteiger partial charge in [0.15, 0.2) is 0 Å². The number of ether oxygens (including phenoxy) is 1. The van der Waals surface area contributed by atoms with Crippen LogP contribution in [-0.2, 0) is 4.74 Å². The van der Waals surface area contributed by atoms with Crippen LogP contribution in [0.1, 0.15) is 13.8 Å². The second-order valence-corrected chi connectivity index (χ2v) is 3.81. The maximum atomic E-state index is 5.68. The van der Waals surface area contributed by atoms with E-state index in [0.717, 1.165) is 18.2 Å². The van der Waals surface area contributed by atoms with E-state index in [0.29, 0.717) is 6.61 Å². The molecule has 1 heterocycles. The summed E-state index contributed by atoms with van der Waals surface area (Å²) in [5, 5.41) is 2.97. The monoisotopic (exact) mass is 239 g/mol. The van der Waals surface area contributed by atoms with E-state index >= 15 is 0 Å². The third-order valence-corrected chi connectivity index (χ3v) is 2.56. The molecule has 3 N–H and O–H groups in total. The highest BCUT2D eigenvalue weighted by atomic mass is 16.5. The molecule has 1 atom stereocenters. The molecule has 17 heavy (non-hydrogen) atoms. The standard InChI is InChI=1S/C11H21N5O/c1-5-16(8(2)7-17-4)10-6-9(13-3)14-11(12)15-10/h6,8H,5,7H2,1-4H3,(H3,12,13,14,15). The Bertz CT molecular complexity index is 358. The van der Waals surface area contributed by atoms with Crippen molar-refractivity contribution in [3.05, 3.63) is 6.07 Å². The van der Waals surface area contributed by atoms with E-state index in [4.69, 9.17) is 10.5 Å². The van der Waals surface area contributed by atoms with Crippen molar-refractivity contribution in [2.75, 3.05) is 43.3 Å². The molecule has 0 saturated carbocycles. The van der Waals surface area contributed by atoms with Crippen LogP contribution >= 0.6 is 0 Å². The Hall–Kier alpha value is -1.56. The van der Waals surface area contributed by atoms with Gasteiger partial charge in [0.1, 0.15) is 11.6 Å². The molecule has 0 radical (unpaired) electrons. The van der Waals surface area contributed by atoms with E-state index in [9.17, 15) is 0 Å². The number of nitrogens with one attached hydrogen (secondary N) is 1. The van der Waals surface area contributed by atoms with E-state index in [1.165, 1.54) is 0 Å². The second-order valence-electron chi connectivity index (χ2n) is 3.81. The molecule has 0 saturated heterocycles. The average Bonchev–Trinajstić information content (AvgIpc) is 2.29. The number of likely N-dealkylation sites (N-methyl/N-ethyl adjacent to an activating group) is 1. The summed E-state index contributed by atoms with van der Waals surface area (Å²) in [6.07, 6.45) is 0. The van der Waals surface area contributed by atoms with Crippen LogP contribution in [0.3, 0.4) is 0 Å². The lowest BCUT2D eigenvalue weighted by Crippen LogP contribution is -2.36. The summed E-state index contributed by atoms with van der Waals surface area (Å²) < 4.78 is 5.16. The van der Waals surface area contributed by atoms with Gasteiger partial charge in [-0.05, 0) is 13.8 Å². The van der Waals surface area contributed by atoms with E-state index < -0.39 is 0 Å². The van der Waals surface area contributed by atoms with Crippen LogP contribution in [0, 0.1) is 0 Å². The third kappa shape index (κ3) is 3.45. The van der Waals surface area contributed by atoms with Gasteiger partial charge in [-0.25, -0.2) is 0 Å². The van der Waals surface area contributed by atoms with Crippen molar-refractivity contribution < 1.29 is 4.74 Å². The fraction of sp³-hybridized carbons (Fsp3) is 0.636. The van der Waals surface area contributed by atoms with Crippen molar-refractivity contribution in [2.24, 2.45) is 0 Å². The highest BCUT2D eigenvalue weighted by Crippen LogP contribution is 2.18. The molecule has 0 spiro atoms. The minimum absolute atomic E-state index is 0.240. The van der Waals surface area contributed by atoms with Crippen molar-refractivity contribution in [3.8, 4) is 0 Å². The van der Waals surface area contributed by atoms with E-state index in [1.807, 2.05) is 6.07 Å². The predicted molar refractivity (Wildman–Crippen MR) is 70.3 cm³/mol. The molecule has 0 aromatic carbocycles. The maximum Gasteiger partial charge on any atom is 0.223 e. The zero-order chi connectivity index (χ0) is 12.8. The van der Waals surface area contributed by atoms with Gasteiger partial charge in [0.2, 0.25) is 5.95 Å². The molecular formula is C11H21N5O. The number of hydrogen-bond acceptors (Lipinski definition) is 6. The topological polar surface area (TPSA) is 76.3 Å². The Kier molecular flexibility index (Phi) is 4.96. The maximum absolute atomic E-state index is 5.68. The summed E-state index contributed by atoms with van der Waals surface area (Å²) in [6.45, 7) is 5.64. The smallest absolute Gasteiger partial charge is 0.223 e. The zero-order valence-corrected chi connectivity index (χ0v) is 10.9. The molecule has 1 aromatic heterocycles. The third-order valence-electron chi connectivity index (χ3n) is 2.56. The fourth-order valence-corrected chi connectivity index (χ4v) is 1.76. The summed E-state index contributed by atoms with van der Waals surface area (Å²) in [4.78, 5) is 10.5. The number of nitrogen functional groups attached to an aromatic ring is 1. The lowest BCUT2D eigenvalue weighted by molar-refractivity contribution is 0.181. The molecule has 0 aliphatic carbocycles. The summed E-state index contributed by atoms with van der Waals surface area (Å²) in [5.41, 5.74) is 5.68. The van der Waals surface area contributed by atoms with Gasteiger partial charge in [-0.1, -0.05) is 0 Å². The molecule has 96 valence electrons. The quantitative estimate of drug-likeness (QED) is 0.770. The largest absolute Gasteiger partial charge is 0.383 e. The number of anilines is 3. The number of nitrogens with two attached hydrogens (primary N) is 1. The summed E-state index contributed by atoms with van der Waals surface area (Å²) >= 11 is 0. The van der Waals surface area contributed by atoms with Gasteiger partial charge in [0.05, 0.1) is 12.6 Å². The first kappa shape index (κ1) is 13.5. The van der Waals surface area contributed by atoms with Gasteiger partial charge in [-0.3, -0.25) is 0 Å². The van der Waals surface area contributed by atoms with Crippen molar-refractivity contribution >= 4 is 17.6 Å². The Morgan fingerprint density at radius 1 is 1.53 bits per heavy atom. The number of rotatable bonds is 6. The second kappa shape index (κ2) is 6.24. The summed E-state index contributed by atoms with van der Waals surface area (Å²) in [6, 6.07) is 2.12. The lowest BCUT2D eigenvalue weighted by atomic mass is 10.3. The molecular weight excluding hydrogens is 218 g/mol. The van der Waals surface area contributed by atoms with Gasteiger partial charge in [0, 0.05) is 26.8 Å². The number of hydrogen-bond donors (Lipinski definition) is 2. The number of nitrogens with zero attached hydrogens (tertiary/aromatic N) is 3. The van der Waals surface area contributed by atoms with Crippen LogP contribution in [0.2, 0.25) is 0 Å². The Morgan fingerprint density at radius 2 is 2.24 bits per heavy atom. The van der Waals surface area contributed by atoms with Crippen molar-refractivity contribution in [2.45, 2.75) is 19.9 Å². The highest BCUT2D eigenvalue weighted by Gasteiger charge is 2.15. The molecule has 0 aliphatic rings. The molecule has 6 nitrogen and oxygen atoms in total. The SMILES string of the molecule is CCN(c1cc(NC)nc(N)n1)C(C)COC. The molecule has 1 aromatic rings. The van der Waals surface area contributed by atoms with Gasteiger partial charge >= 0.3 is 0 Å². The molecule has 1 rings (SSSR count). The van der Waals surface area contributed by atoms with Crippen LogP contribution in [0.5, 0.6) is 0 Å². The van der Waals surface area contributed by atoms with Crippen LogP contribution in [0.15, 0.2) is 6.07 Å². The first-order valence-electron chi connectivity index (χ1n) is 5.70. The Labute approximate surface area is 102 Å². The van der Waals surface area contributed by atoms with E-state index in [2.05, 4.69) is 34.0 Å². The van der Waals surface area contributed by atoms with Crippen LogP contribution in [0.4, 0.5) is 17.6 Å². The normalized spacial score (nSPS) is 12.2. The van der Waals surface area contributed by atoms with Gasteiger partial charge < -0.3 is 20.7 Å². The molecule has 0 bridgehead atoms. The number of aromatic nitrogens is 2. The van der Waals surface area contributed by atoms with Crippen LogP contribution < -0.4 is 16.0 Å². The average molecular weight is 239 g/mol. The molecule has 0 fully saturated rings.